The summed E-state index contributed by atoms with van der Waals surface area (Å²) in [4.78, 5) is 0. The Bertz CT molecular complexity index is 498. The number of hydrogen-bond acceptors (Lipinski definition) is 1. The van der Waals surface area contributed by atoms with Crippen molar-refractivity contribution in [1.82, 2.24) is 5.32 Å². The number of thiocarbonyl (C=S) groups is 1. The Labute approximate surface area is 121 Å². The lowest BCUT2D eigenvalue weighted by Gasteiger charge is -2.24. The molecule has 0 unspecified atom stereocenters. The van der Waals surface area contributed by atoms with Crippen LogP contribution in [0.2, 0.25) is 0 Å². The molecule has 102 valence electrons. The van der Waals surface area contributed by atoms with Crippen LogP contribution in [0.15, 0.2) is 18.2 Å². The zero-order valence-electron chi connectivity index (χ0n) is 11.7. The molecule has 1 aromatic rings. The van der Waals surface area contributed by atoms with Gasteiger partial charge in [0.15, 0.2) is 5.11 Å². The van der Waals surface area contributed by atoms with Gasteiger partial charge in [-0.1, -0.05) is 12.5 Å². The number of hydrogen-bond donors (Lipinski definition) is 2. The van der Waals surface area contributed by atoms with E-state index in [2.05, 4.69) is 42.7 Å². The van der Waals surface area contributed by atoms with E-state index in [-0.39, 0.29) is 0 Å². The predicted octanol–water partition coefficient (Wildman–Crippen LogP) is 3.78. The summed E-state index contributed by atoms with van der Waals surface area (Å²) in [7, 11) is 0. The van der Waals surface area contributed by atoms with Crippen molar-refractivity contribution < 1.29 is 0 Å². The van der Waals surface area contributed by atoms with Crippen LogP contribution in [0.5, 0.6) is 0 Å². The molecule has 2 N–H and O–H groups in total. The van der Waals surface area contributed by atoms with Gasteiger partial charge in [-0.25, -0.2) is 0 Å². The molecule has 2 aliphatic rings. The molecule has 0 radical (unpaired) electrons. The number of rotatable bonds is 2. The average molecular weight is 274 g/mol. The molecule has 0 aromatic heterocycles. The van der Waals surface area contributed by atoms with E-state index in [1.807, 2.05) is 0 Å². The van der Waals surface area contributed by atoms with Gasteiger partial charge in [-0.05, 0) is 80.4 Å². The lowest BCUT2D eigenvalue weighted by Crippen LogP contribution is -2.40. The second-order valence-corrected chi connectivity index (χ2v) is 6.59. The highest BCUT2D eigenvalue weighted by Crippen LogP contribution is 2.44. The molecule has 0 saturated heterocycles. The lowest BCUT2D eigenvalue weighted by atomic mass is 9.95. The molecule has 1 aromatic carbocycles. The Morgan fingerprint density at radius 1 is 1.16 bits per heavy atom. The molecule has 0 spiro atoms. The van der Waals surface area contributed by atoms with E-state index < -0.39 is 0 Å². The molecule has 2 saturated carbocycles. The molecule has 0 aliphatic heterocycles. The maximum absolute atomic E-state index is 5.44. The predicted molar refractivity (Wildman–Crippen MR) is 84.5 cm³/mol. The first-order valence-corrected chi connectivity index (χ1v) is 7.67. The highest BCUT2D eigenvalue weighted by molar-refractivity contribution is 7.80. The van der Waals surface area contributed by atoms with Gasteiger partial charge in [-0.15, -0.1) is 0 Å². The topological polar surface area (TPSA) is 24.1 Å². The zero-order valence-corrected chi connectivity index (χ0v) is 12.5. The van der Waals surface area contributed by atoms with Crippen LogP contribution >= 0.6 is 12.2 Å². The molecule has 2 aliphatic carbocycles. The number of fused-ring (bicyclic) bond motifs is 2. The van der Waals surface area contributed by atoms with Crippen LogP contribution in [-0.2, 0) is 0 Å². The van der Waals surface area contributed by atoms with Crippen molar-refractivity contribution in [3.8, 4) is 0 Å². The molecule has 2 bridgehead atoms. The molecular formula is C16H22N2S. The number of aryl methyl sites for hydroxylation is 2. The molecule has 0 heterocycles. The fraction of sp³-hybridized carbons (Fsp3) is 0.562. The Balaban J connectivity index is 1.57. The summed E-state index contributed by atoms with van der Waals surface area (Å²) in [6.45, 7) is 4.26. The van der Waals surface area contributed by atoms with Crippen LogP contribution in [-0.4, -0.2) is 11.2 Å². The lowest BCUT2D eigenvalue weighted by molar-refractivity contribution is 0.392. The van der Waals surface area contributed by atoms with Crippen molar-refractivity contribution in [2.24, 2.45) is 11.8 Å². The second-order valence-electron chi connectivity index (χ2n) is 6.18. The molecule has 3 atom stereocenters. The molecular weight excluding hydrogens is 252 g/mol. The quantitative estimate of drug-likeness (QED) is 0.803. The summed E-state index contributed by atoms with van der Waals surface area (Å²) in [5, 5.41) is 7.61. The Kier molecular flexibility index (Phi) is 3.48. The van der Waals surface area contributed by atoms with Crippen LogP contribution < -0.4 is 10.6 Å². The van der Waals surface area contributed by atoms with Gasteiger partial charge in [0, 0.05) is 11.7 Å². The van der Waals surface area contributed by atoms with Crippen LogP contribution in [0.4, 0.5) is 5.69 Å². The molecule has 2 fully saturated rings. The number of nitrogens with one attached hydrogen (secondary N) is 2. The Morgan fingerprint density at radius 2 is 2.00 bits per heavy atom. The maximum atomic E-state index is 5.44. The summed E-state index contributed by atoms with van der Waals surface area (Å²) >= 11 is 5.44. The van der Waals surface area contributed by atoms with Crippen molar-refractivity contribution in [1.29, 1.82) is 0 Å². The third-order valence-electron chi connectivity index (χ3n) is 4.82. The van der Waals surface area contributed by atoms with Gasteiger partial charge in [-0.3, -0.25) is 0 Å². The summed E-state index contributed by atoms with van der Waals surface area (Å²) in [6, 6.07) is 6.99. The van der Waals surface area contributed by atoms with Crippen molar-refractivity contribution in [3.63, 3.8) is 0 Å². The SMILES string of the molecule is Cc1ccc(NC(=S)N[C@H]2C[C@H]3CC[C@H]2C3)cc1C. The standard InChI is InChI=1S/C16H22N2S/c1-10-3-6-14(7-11(10)2)17-16(19)18-15-9-12-4-5-13(15)8-12/h3,6-7,12-13,15H,4-5,8-9H2,1-2H3,(H2,17,18,19)/t12-,13-,15-/m0/s1. The smallest absolute Gasteiger partial charge is 0.171 e. The Morgan fingerprint density at radius 3 is 2.63 bits per heavy atom. The summed E-state index contributed by atoms with van der Waals surface area (Å²) in [5.74, 6) is 1.80. The van der Waals surface area contributed by atoms with E-state index in [1.165, 1.54) is 36.8 Å². The molecule has 2 nitrogen and oxygen atoms in total. The van der Waals surface area contributed by atoms with Gasteiger partial charge in [0.2, 0.25) is 0 Å². The summed E-state index contributed by atoms with van der Waals surface area (Å²) < 4.78 is 0. The average Bonchev–Trinajstić information content (AvgIpc) is 2.96. The summed E-state index contributed by atoms with van der Waals surface area (Å²) in [6.07, 6.45) is 5.53. The van der Waals surface area contributed by atoms with Crippen molar-refractivity contribution >= 4 is 23.0 Å². The van der Waals surface area contributed by atoms with Crippen molar-refractivity contribution in [2.45, 2.75) is 45.6 Å². The van der Waals surface area contributed by atoms with Gasteiger partial charge >= 0.3 is 0 Å². The van der Waals surface area contributed by atoms with Crippen molar-refractivity contribution in [2.75, 3.05) is 5.32 Å². The zero-order chi connectivity index (χ0) is 13.4. The molecule has 3 heteroatoms. The van der Waals surface area contributed by atoms with Gasteiger partial charge in [0.25, 0.3) is 0 Å². The minimum Gasteiger partial charge on any atom is -0.359 e. The fourth-order valence-electron chi connectivity index (χ4n) is 3.58. The number of anilines is 1. The first-order valence-electron chi connectivity index (χ1n) is 7.26. The van der Waals surface area contributed by atoms with E-state index in [1.54, 1.807) is 0 Å². The Hall–Kier alpha value is -1.09. The third kappa shape index (κ3) is 2.76. The molecule has 19 heavy (non-hydrogen) atoms. The molecule has 0 amide bonds. The monoisotopic (exact) mass is 274 g/mol. The van der Waals surface area contributed by atoms with Gasteiger partial charge in [0.05, 0.1) is 0 Å². The maximum Gasteiger partial charge on any atom is 0.171 e. The van der Waals surface area contributed by atoms with E-state index in [9.17, 15) is 0 Å². The first-order chi connectivity index (χ1) is 9.11. The van der Waals surface area contributed by atoms with Gasteiger partial charge in [0.1, 0.15) is 0 Å². The van der Waals surface area contributed by atoms with Gasteiger partial charge in [-0.2, -0.15) is 0 Å². The van der Waals surface area contributed by atoms with Crippen LogP contribution in [0.25, 0.3) is 0 Å². The highest BCUT2D eigenvalue weighted by atomic mass is 32.1. The number of benzene rings is 1. The fourth-order valence-corrected chi connectivity index (χ4v) is 3.85. The first kappa shape index (κ1) is 12.9. The second kappa shape index (κ2) is 5.12. The largest absolute Gasteiger partial charge is 0.359 e. The van der Waals surface area contributed by atoms with E-state index in [0.717, 1.165) is 22.6 Å². The van der Waals surface area contributed by atoms with Crippen LogP contribution in [0.3, 0.4) is 0 Å². The van der Waals surface area contributed by atoms with Crippen LogP contribution in [0.1, 0.15) is 36.8 Å². The minimum absolute atomic E-state index is 0.602. The van der Waals surface area contributed by atoms with Crippen molar-refractivity contribution in [3.05, 3.63) is 29.3 Å². The van der Waals surface area contributed by atoms with Gasteiger partial charge < -0.3 is 10.6 Å². The highest BCUT2D eigenvalue weighted by Gasteiger charge is 2.39. The van der Waals surface area contributed by atoms with E-state index in [4.69, 9.17) is 12.2 Å². The summed E-state index contributed by atoms with van der Waals surface area (Å²) in [5.41, 5.74) is 3.70. The molecule has 3 rings (SSSR count). The van der Waals surface area contributed by atoms with E-state index >= 15 is 0 Å². The van der Waals surface area contributed by atoms with Crippen LogP contribution in [0, 0.1) is 25.7 Å². The van der Waals surface area contributed by atoms with E-state index in [0.29, 0.717) is 6.04 Å². The third-order valence-corrected chi connectivity index (χ3v) is 5.04. The normalized spacial score (nSPS) is 28.4. The minimum atomic E-state index is 0.602.